The minimum absolute atomic E-state index is 0.0614. The van der Waals surface area contributed by atoms with Crippen molar-refractivity contribution in [3.05, 3.63) is 41.7 Å². The number of rotatable bonds is 4. The molecule has 3 saturated carbocycles. The number of pyridine rings is 1. The van der Waals surface area contributed by atoms with E-state index < -0.39 is 0 Å². The fourth-order valence-corrected chi connectivity index (χ4v) is 5.39. The van der Waals surface area contributed by atoms with E-state index in [0.717, 1.165) is 12.8 Å². The topological polar surface area (TPSA) is 55.3 Å². The van der Waals surface area contributed by atoms with E-state index in [1.807, 2.05) is 22.7 Å². The molecule has 2 aromatic heterocycles. The highest BCUT2D eigenvalue weighted by molar-refractivity contribution is 7.11. The average molecular weight is 341 g/mol. The third-order valence-corrected chi connectivity index (χ3v) is 6.67. The van der Waals surface area contributed by atoms with Crippen LogP contribution in [0, 0.1) is 11.8 Å². The number of carbonyl (C=O) groups is 1. The Labute approximate surface area is 144 Å². The highest BCUT2D eigenvalue weighted by atomic mass is 32.1. The van der Waals surface area contributed by atoms with Gasteiger partial charge in [0.2, 0.25) is 5.91 Å². The van der Waals surface area contributed by atoms with Gasteiger partial charge in [0.1, 0.15) is 6.10 Å². The molecule has 2 aromatic rings. The van der Waals surface area contributed by atoms with Crippen molar-refractivity contribution in [2.45, 2.75) is 30.8 Å². The number of nitrogens with zero attached hydrogens (tertiary/aromatic N) is 3. The molecular weight excluding hydrogens is 322 g/mol. The Hall–Kier alpha value is -1.95. The summed E-state index contributed by atoms with van der Waals surface area (Å²) in [6.45, 7) is 1.38. The van der Waals surface area contributed by atoms with E-state index >= 15 is 0 Å². The lowest BCUT2D eigenvalue weighted by atomic mass is 9.56. The van der Waals surface area contributed by atoms with Crippen molar-refractivity contribution in [2.75, 3.05) is 13.1 Å². The van der Waals surface area contributed by atoms with Crippen molar-refractivity contribution >= 4 is 17.2 Å². The SMILES string of the molecule is O=C(C1C2CCC1(c1ccncc1)C2)N1CC(Oc2nccs2)C1. The second-order valence-corrected chi connectivity index (χ2v) is 8.01. The Morgan fingerprint density at radius 3 is 2.83 bits per heavy atom. The first-order valence-electron chi connectivity index (χ1n) is 8.52. The van der Waals surface area contributed by atoms with E-state index in [-0.39, 0.29) is 17.4 Å². The van der Waals surface area contributed by atoms with E-state index in [1.54, 1.807) is 6.20 Å². The largest absolute Gasteiger partial charge is 0.463 e. The molecule has 4 aliphatic rings. The van der Waals surface area contributed by atoms with Crippen molar-refractivity contribution in [2.24, 2.45) is 11.8 Å². The summed E-state index contributed by atoms with van der Waals surface area (Å²) in [6, 6.07) is 4.18. The molecule has 1 aliphatic heterocycles. The first-order chi connectivity index (χ1) is 11.8. The summed E-state index contributed by atoms with van der Waals surface area (Å²) in [4.78, 5) is 23.3. The monoisotopic (exact) mass is 341 g/mol. The molecule has 2 bridgehead atoms. The third kappa shape index (κ3) is 2.02. The molecule has 124 valence electrons. The molecule has 1 saturated heterocycles. The summed E-state index contributed by atoms with van der Waals surface area (Å²) in [5, 5.41) is 2.60. The lowest BCUT2D eigenvalue weighted by molar-refractivity contribution is -0.153. The maximum absolute atomic E-state index is 13.0. The minimum atomic E-state index is 0.0614. The molecule has 3 heterocycles. The number of fused-ring (bicyclic) bond motifs is 1. The predicted octanol–water partition coefficient (Wildman–Crippen LogP) is 2.50. The summed E-state index contributed by atoms with van der Waals surface area (Å²) in [5.41, 5.74) is 1.35. The Balaban J connectivity index is 1.27. The Morgan fingerprint density at radius 1 is 1.29 bits per heavy atom. The van der Waals surface area contributed by atoms with E-state index in [1.165, 1.54) is 23.3 Å². The summed E-state index contributed by atoms with van der Waals surface area (Å²) >= 11 is 1.50. The lowest BCUT2D eigenvalue weighted by Crippen LogP contribution is -2.62. The second-order valence-electron chi connectivity index (χ2n) is 7.15. The van der Waals surface area contributed by atoms with Crippen molar-refractivity contribution in [3.63, 3.8) is 0 Å². The molecule has 3 aliphatic carbocycles. The molecule has 3 atom stereocenters. The fraction of sp³-hybridized carbons (Fsp3) is 0.500. The van der Waals surface area contributed by atoms with Crippen LogP contribution in [-0.4, -0.2) is 40.0 Å². The molecule has 0 spiro atoms. The van der Waals surface area contributed by atoms with Crippen LogP contribution >= 0.6 is 11.3 Å². The first kappa shape index (κ1) is 14.4. The van der Waals surface area contributed by atoms with Crippen LogP contribution in [0.5, 0.6) is 5.19 Å². The number of aromatic nitrogens is 2. The number of hydrogen-bond donors (Lipinski definition) is 0. The Morgan fingerprint density at radius 2 is 2.12 bits per heavy atom. The number of hydrogen-bond acceptors (Lipinski definition) is 5. The van der Waals surface area contributed by atoms with Crippen LogP contribution in [0.15, 0.2) is 36.1 Å². The van der Waals surface area contributed by atoms with Gasteiger partial charge in [-0.25, -0.2) is 4.98 Å². The first-order valence-corrected chi connectivity index (χ1v) is 9.40. The van der Waals surface area contributed by atoms with Gasteiger partial charge in [0.15, 0.2) is 0 Å². The maximum atomic E-state index is 13.0. The van der Waals surface area contributed by atoms with Crippen LogP contribution in [0.25, 0.3) is 0 Å². The van der Waals surface area contributed by atoms with Gasteiger partial charge in [-0.2, -0.15) is 0 Å². The summed E-state index contributed by atoms with van der Waals surface area (Å²) in [6.07, 6.45) is 8.98. The Bertz CT molecular complexity index is 741. The van der Waals surface area contributed by atoms with Gasteiger partial charge in [-0.15, -0.1) is 0 Å². The van der Waals surface area contributed by atoms with Crippen LogP contribution in [0.1, 0.15) is 24.8 Å². The molecule has 24 heavy (non-hydrogen) atoms. The zero-order valence-corrected chi connectivity index (χ0v) is 14.1. The van der Waals surface area contributed by atoms with Crippen molar-refractivity contribution < 1.29 is 9.53 Å². The normalized spacial score (nSPS) is 31.4. The van der Waals surface area contributed by atoms with Crippen LogP contribution in [0.2, 0.25) is 0 Å². The molecule has 0 N–H and O–H groups in total. The number of likely N-dealkylation sites (tertiary alicyclic amines) is 1. The maximum Gasteiger partial charge on any atom is 0.273 e. The number of carbonyl (C=O) groups excluding carboxylic acids is 1. The number of amides is 1. The molecule has 3 unspecified atom stereocenters. The van der Waals surface area contributed by atoms with Crippen molar-refractivity contribution in [1.82, 2.24) is 14.9 Å². The van der Waals surface area contributed by atoms with Gasteiger partial charge in [0, 0.05) is 29.4 Å². The molecule has 6 rings (SSSR count). The van der Waals surface area contributed by atoms with Crippen LogP contribution < -0.4 is 4.74 Å². The number of thiazole rings is 1. The van der Waals surface area contributed by atoms with E-state index in [9.17, 15) is 4.79 Å². The van der Waals surface area contributed by atoms with Gasteiger partial charge in [-0.3, -0.25) is 9.78 Å². The molecule has 6 heteroatoms. The zero-order chi connectivity index (χ0) is 16.1. The van der Waals surface area contributed by atoms with E-state index in [0.29, 0.717) is 30.1 Å². The van der Waals surface area contributed by atoms with E-state index in [2.05, 4.69) is 22.1 Å². The highest BCUT2D eigenvalue weighted by Gasteiger charge is 2.63. The average Bonchev–Trinajstić information content (AvgIpc) is 3.27. The molecule has 1 amide bonds. The van der Waals surface area contributed by atoms with Gasteiger partial charge in [0.25, 0.3) is 5.19 Å². The third-order valence-electron chi connectivity index (χ3n) is 6.01. The minimum Gasteiger partial charge on any atom is -0.463 e. The molecule has 0 aromatic carbocycles. The molecule has 5 nitrogen and oxygen atoms in total. The summed E-state index contributed by atoms with van der Waals surface area (Å²) in [7, 11) is 0. The smallest absolute Gasteiger partial charge is 0.273 e. The van der Waals surface area contributed by atoms with Crippen LogP contribution in [0.4, 0.5) is 0 Å². The Kier molecular flexibility index (Phi) is 3.16. The standard InChI is InChI=1S/C18H19N3O2S/c22-16(21-10-14(11-21)23-17-20-7-8-24-17)15-12-1-4-18(15,9-12)13-2-5-19-6-3-13/h2-3,5-8,12,14-15H,1,4,9-11H2. The van der Waals surface area contributed by atoms with Crippen molar-refractivity contribution in [3.8, 4) is 5.19 Å². The molecule has 0 radical (unpaired) electrons. The highest BCUT2D eigenvalue weighted by Crippen LogP contribution is 2.64. The van der Waals surface area contributed by atoms with Gasteiger partial charge in [-0.05, 0) is 42.9 Å². The van der Waals surface area contributed by atoms with Gasteiger partial charge in [0.05, 0.1) is 19.0 Å². The van der Waals surface area contributed by atoms with Gasteiger partial charge in [-0.1, -0.05) is 11.3 Å². The van der Waals surface area contributed by atoms with E-state index in [4.69, 9.17) is 4.74 Å². The van der Waals surface area contributed by atoms with Crippen LogP contribution in [0.3, 0.4) is 0 Å². The molecule has 4 fully saturated rings. The van der Waals surface area contributed by atoms with Gasteiger partial charge >= 0.3 is 0 Å². The summed E-state index contributed by atoms with van der Waals surface area (Å²) < 4.78 is 5.79. The number of ether oxygens (including phenoxy) is 1. The summed E-state index contributed by atoms with van der Waals surface area (Å²) in [5.74, 6) is 1.03. The molecular formula is C18H19N3O2S. The van der Waals surface area contributed by atoms with Crippen LogP contribution in [-0.2, 0) is 10.2 Å². The predicted molar refractivity (Wildman–Crippen MR) is 89.9 cm³/mol. The quantitative estimate of drug-likeness (QED) is 0.857. The second kappa shape index (κ2) is 5.28. The zero-order valence-electron chi connectivity index (χ0n) is 13.3. The lowest BCUT2D eigenvalue weighted by Gasteiger charge is -2.51. The fourth-order valence-electron chi connectivity index (χ4n) is 4.84. The van der Waals surface area contributed by atoms with Gasteiger partial charge < -0.3 is 9.64 Å². The van der Waals surface area contributed by atoms with Crippen molar-refractivity contribution in [1.29, 1.82) is 0 Å².